The number of ketones is 5. The number of Topliss-reactive ketones (excluding diaryl/α,β-unsaturated/α-hetero) is 5. The van der Waals surface area contributed by atoms with Gasteiger partial charge in [-0.2, -0.15) is 0 Å². The Labute approximate surface area is 541 Å². The van der Waals surface area contributed by atoms with Crippen LogP contribution in [0.3, 0.4) is 0 Å². The normalized spacial score (nSPS) is 13.2. The summed E-state index contributed by atoms with van der Waals surface area (Å²) in [6.45, 7) is 0.469. The van der Waals surface area contributed by atoms with E-state index in [0.29, 0.717) is 0 Å². The fraction of sp³-hybridized carbons (Fsp3) is 0.660. The zero-order valence-electron chi connectivity index (χ0n) is 48.0. The van der Waals surface area contributed by atoms with Gasteiger partial charge >= 0.3 is 47.8 Å². The van der Waals surface area contributed by atoms with Crippen molar-refractivity contribution in [2.75, 3.05) is 58.2 Å². The number of carboxylic acids is 7. The second-order valence-corrected chi connectivity index (χ2v) is 22.1. The second-order valence-electron chi connectivity index (χ2n) is 18.4. The van der Waals surface area contributed by atoms with Gasteiger partial charge in [0.1, 0.15) is 63.8 Å². The van der Waals surface area contributed by atoms with E-state index in [1.807, 2.05) is 0 Å². The highest BCUT2D eigenvalue weighted by molar-refractivity contribution is 8.01. The number of nitrogens with two attached hydrogens (primary N) is 3. The van der Waals surface area contributed by atoms with Crippen LogP contribution in [0.5, 0.6) is 0 Å². The summed E-state index contributed by atoms with van der Waals surface area (Å²) in [6.07, 6.45) is -3.00. The van der Waals surface area contributed by atoms with Crippen LogP contribution < -0.4 is 43.4 Å². The van der Waals surface area contributed by atoms with E-state index < -0.39 is 174 Å². The van der Waals surface area contributed by atoms with Gasteiger partial charge in [0.2, 0.25) is 17.7 Å². The Morgan fingerprint density at radius 1 is 0.411 bits per heavy atom. The Kier molecular flexibility index (Phi) is 54.2. The molecular weight excluding hydrogens is 1260 g/mol. The van der Waals surface area contributed by atoms with Crippen LogP contribution in [-0.2, 0) is 101 Å². The molecule has 0 rings (SSSR count). The van der Waals surface area contributed by atoms with Crippen molar-refractivity contribution in [1.29, 1.82) is 0 Å². The maximum Gasteiger partial charge on any atom is 0.322 e. The minimum absolute atomic E-state index is 0. The van der Waals surface area contributed by atoms with Gasteiger partial charge in [0, 0.05) is 76.7 Å². The second kappa shape index (κ2) is 52.2. The number of methoxy groups -OCH3 is 3. The van der Waals surface area contributed by atoms with E-state index in [9.17, 15) is 96.5 Å². The summed E-state index contributed by atoms with van der Waals surface area (Å²) in [5.41, 5.74) is 16.5. The van der Waals surface area contributed by atoms with Gasteiger partial charge in [0.25, 0.3) is 0 Å². The smallest absolute Gasteiger partial charge is 0.322 e. The van der Waals surface area contributed by atoms with E-state index in [0.717, 1.165) is 56.6 Å². The fourth-order valence-electron chi connectivity index (χ4n) is 6.40. The van der Waals surface area contributed by atoms with E-state index in [-0.39, 0.29) is 129 Å². The number of thioether (sulfide) groups is 3. The van der Waals surface area contributed by atoms with Gasteiger partial charge in [-0.1, -0.05) is 22.3 Å². The maximum absolute atomic E-state index is 12.3. The van der Waals surface area contributed by atoms with Crippen molar-refractivity contribution in [1.82, 2.24) is 16.0 Å². The fourth-order valence-corrected chi connectivity index (χ4v) is 10.1. The zero-order valence-corrected chi connectivity index (χ0v) is 50.5. The van der Waals surface area contributed by atoms with Gasteiger partial charge in [-0.15, -0.1) is 35.3 Å². The molecule has 0 heterocycles. The van der Waals surface area contributed by atoms with Crippen LogP contribution >= 0.6 is 35.3 Å². The highest BCUT2D eigenvalue weighted by atomic mass is 32.2. The summed E-state index contributed by atoms with van der Waals surface area (Å²) >= 11 is 2.39. The van der Waals surface area contributed by atoms with Crippen LogP contribution in [0.25, 0.3) is 0 Å². The lowest BCUT2D eigenvalue weighted by atomic mass is 9.98. The molecule has 9 atom stereocenters. The van der Waals surface area contributed by atoms with Gasteiger partial charge in [-0.25, -0.2) is 0 Å². The Bertz CT molecular complexity index is 2210. The minimum Gasteiger partial charge on any atom is -0.550 e. The van der Waals surface area contributed by atoms with Gasteiger partial charge in [0.15, 0.2) is 0 Å². The first-order valence-corrected chi connectivity index (χ1v) is 28.8. The third kappa shape index (κ3) is 47.4. The molecule has 0 aliphatic carbocycles. The lowest BCUT2D eigenvalue weighted by Crippen LogP contribution is -2.41. The van der Waals surface area contributed by atoms with Crippen LogP contribution in [0.4, 0.5) is 0 Å². The molecule has 0 aromatic heterocycles. The number of esters is 3. The predicted molar refractivity (Wildman–Crippen MR) is 331 cm³/mol. The molecule has 34 nitrogen and oxygen atoms in total. The molecule has 0 aromatic rings. The summed E-state index contributed by atoms with van der Waals surface area (Å²) in [4.78, 5) is 206. The molecule has 37 heteroatoms. The first-order chi connectivity index (χ1) is 40.4. The van der Waals surface area contributed by atoms with Crippen molar-refractivity contribution >= 4 is 142 Å². The first-order valence-electron chi connectivity index (χ1n) is 25.7. The van der Waals surface area contributed by atoms with Gasteiger partial charge in [-0.3, -0.25) is 76.7 Å². The average Bonchev–Trinajstić information content (AvgIpc) is 1.12. The molecule has 3 amide bonds. The quantitative estimate of drug-likeness (QED) is 0.0228. The number of carboxylic acid groups (broad SMARTS) is 7. The summed E-state index contributed by atoms with van der Waals surface area (Å²) in [6, 6.07) is -2.86. The van der Waals surface area contributed by atoms with Crippen LogP contribution in [0.15, 0.2) is 0 Å². The molecule has 0 aliphatic rings. The van der Waals surface area contributed by atoms with E-state index in [1.165, 1.54) is 13.8 Å². The van der Waals surface area contributed by atoms with Gasteiger partial charge < -0.3 is 92.7 Å². The molecule has 14 N–H and O–H groups in total. The third-order valence-corrected chi connectivity index (χ3v) is 15.4. The number of nitrogens with one attached hydrogen (secondary N) is 3. The Hall–Kier alpha value is -7.61. The minimum atomic E-state index is -1.55. The molecule has 528 valence electrons. The average molecular weight is 1360 g/mol. The number of amides is 3. The van der Waals surface area contributed by atoms with E-state index in [1.54, 1.807) is 0 Å². The monoisotopic (exact) mass is 1360 g/mol. The van der Waals surface area contributed by atoms with Crippen molar-refractivity contribution in [3.05, 3.63) is 0 Å². The van der Waals surface area contributed by atoms with E-state index in [4.69, 9.17) is 42.7 Å². The van der Waals surface area contributed by atoms with Crippen molar-refractivity contribution < 1.29 is 145 Å². The standard InChI is InChI=1S/2C17H26N2O9S.C16H24N2O10S.3CH4.6H2/c2*1-9(20)12(18)4-3-11(21)5-10(16(26)19-7-15(24)25)8-29-13(6-14(22)23)17(27)28-2;1-28-16(27)11(5-12(20)21)29-7-8(14(24)18-6-13(22)23)4-9(19)2-3-10(17)15(25)26;;;;;;;;;/h2*10,12-13H,3-8,18H2,1-2H3,(H,19,26)(H,22,23)(H,24,25);8,10-11H,2-7,17H2,1H3,(H,18,24)(H,20,21)(H,22,23)(H,25,26);3*1H4;6*1H/p-2/t2*10-,12-,13?;8-,10-,11?;;;;;;;;;/m000........./s1. The number of rotatable bonds is 45. The molecule has 90 heavy (non-hydrogen) atoms. The number of aliphatic carboxylic acids is 7. The predicted octanol–water partition coefficient (Wildman–Crippen LogP) is -2.16. The molecule has 0 bridgehead atoms. The van der Waals surface area contributed by atoms with Gasteiger partial charge in [0.05, 0.1) is 76.5 Å². The zero-order chi connectivity index (χ0) is 67.7. The molecule has 0 aliphatic heterocycles. The van der Waals surface area contributed by atoms with Crippen molar-refractivity contribution in [2.24, 2.45) is 35.0 Å². The molecule has 0 aromatic carbocycles. The third-order valence-electron chi connectivity index (χ3n) is 11.3. The number of carbonyl (C=O) groups is 18. The number of ether oxygens (including phenoxy) is 3. The van der Waals surface area contributed by atoms with Crippen molar-refractivity contribution in [3.8, 4) is 0 Å². The largest absolute Gasteiger partial charge is 0.550 e. The van der Waals surface area contributed by atoms with Crippen molar-refractivity contribution in [2.45, 2.75) is 147 Å². The van der Waals surface area contributed by atoms with Crippen LogP contribution in [0.2, 0.25) is 0 Å². The van der Waals surface area contributed by atoms with Crippen LogP contribution in [-0.4, -0.2) is 224 Å². The van der Waals surface area contributed by atoms with Crippen LogP contribution in [0.1, 0.15) is 122 Å². The lowest BCUT2D eigenvalue weighted by molar-refractivity contribution is -0.306. The number of hydrogen-bond donors (Lipinski definition) is 11. The number of carbonyl (C=O) groups excluding carboxylic acids is 13. The van der Waals surface area contributed by atoms with Crippen molar-refractivity contribution in [3.63, 3.8) is 0 Å². The topological polar surface area (TPSA) is 596 Å². The molecule has 0 saturated carbocycles. The highest BCUT2D eigenvalue weighted by Crippen LogP contribution is 2.25. The van der Waals surface area contributed by atoms with Crippen LogP contribution in [0, 0.1) is 17.8 Å². The summed E-state index contributed by atoms with van der Waals surface area (Å²) in [5, 5.41) is 68.2. The molecule has 0 spiro atoms. The maximum atomic E-state index is 12.3. The molecule has 3 unspecified atom stereocenters. The molecule has 0 saturated heterocycles. The Morgan fingerprint density at radius 2 is 0.678 bits per heavy atom. The molecular formula is C53H98N6O28S3-2. The lowest BCUT2D eigenvalue weighted by Gasteiger charge is -2.19. The summed E-state index contributed by atoms with van der Waals surface area (Å²) in [5.74, 6) is -19.5. The summed E-state index contributed by atoms with van der Waals surface area (Å²) in [7, 11) is 3.23. The first kappa shape index (κ1) is 93.5. The SMILES string of the molecule is C.C.C.COC(=O)C(CC(=O)O)SC[C@H](CC(=O)CC[C@H](N)C(=O)O)C(=O)NCC(=O)[O-].COC(=O)C(CC(=O)O)SC[C@H](CC(=O)CC[C@H](N)C(C)=O)C(=O)NCC(=O)O.COC(=O)C(CC(=O)[O-])SC[C@H](CC(=O)CC[C@H](N)C(C)=O)C(=O)NCC(=O)O.[HH].[HH].[HH].[HH].[HH].[HH]. The number of hydrogen-bond acceptors (Lipinski definition) is 29. The van der Waals surface area contributed by atoms with E-state index >= 15 is 0 Å². The highest BCUT2D eigenvalue weighted by Gasteiger charge is 2.32. The Balaban J connectivity index is -0.000000105. The molecule has 0 fully saturated rings. The van der Waals surface area contributed by atoms with Gasteiger partial charge in [-0.05, 0) is 33.1 Å². The summed E-state index contributed by atoms with van der Waals surface area (Å²) < 4.78 is 13.6. The molecule has 0 radical (unpaired) electrons. The van der Waals surface area contributed by atoms with E-state index in [2.05, 4.69) is 30.2 Å². The Morgan fingerprint density at radius 3 is 0.900 bits per heavy atom.